The summed E-state index contributed by atoms with van der Waals surface area (Å²) >= 11 is 0. The van der Waals surface area contributed by atoms with Gasteiger partial charge in [-0.25, -0.2) is 0 Å². The van der Waals surface area contributed by atoms with E-state index in [9.17, 15) is 0 Å². The van der Waals surface area contributed by atoms with E-state index in [-0.39, 0.29) is 12.9 Å². The van der Waals surface area contributed by atoms with E-state index in [0.29, 0.717) is 24.0 Å². The topological polar surface area (TPSA) is 69.9 Å². The smallest absolute Gasteiger partial charge is 0.241 e. The third-order valence-corrected chi connectivity index (χ3v) is 4.73. The third kappa shape index (κ3) is 3.21. The molecule has 0 spiro atoms. The summed E-state index contributed by atoms with van der Waals surface area (Å²) in [5, 5.41) is 4.09. The molecule has 0 saturated heterocycles. The maximum Gasteiger partial charge on any atom is 0.241 e. The molecule has 0 aliphatic carbocycles. The van der Waals surface area contributed by atoms with Crippen LogP contribution >= 0.6 is 0 Å². The molecule has 0 fully saturated rings. The summed E-state index contributed by atoms with van der Waals surface area (Å²) in [4.78, 5) is 6.64. The van der Waals surface area contributed by atoms with E-state index in [1.807, 2.05) is 43.4 Å². The van der Waals surface area contributed by atoms with Crippen molar-refractivity contribution in [2.45, 2.75) is 19.1 Å². The molecule has 0 amide bonds. The predicted octanol–water partition coefficient (Wildman–Crippen LogP) is 2.90. The Bertz CT molecular complexity index is 946. The van der Waals surface area contributed by atoms with Crippen molar-refractivity contribution >= 4 is 0 Å². The normalized spacial score (nSPS) is 17.2. The van der Waals surface area contributed by atoms with Crippen molar-refractivity contribution < 1.29 is 18.7 Å². The fraction of sp³-hybridized carbons (Fsp3) is 0.300. The van der Waals surface area contributed by atoms with Crippen LogP contribution < -0.4 is 14.2 Å². The minimum atomic E-state index is 0.142. The van der Waals surface area contributed by atoms with Crippen molar-refractivity contribution in [3.05, 3.63) is 53.9 Å². The van der Waals surface area contributed by atoms with Gasteiger partial charge in [0.2, 0.25) is 18.5 Å². The van der Waals surface area contributed by atoms with E-state index >= 15 is 0 Å². The molecule has 2 aromatic carbocycles. The lowest BCUT2D eigenvalue weighted by molar-refractivity contribution is 0.155. The molecule has 2 aliphatic rings. The number of hydrogen-bond donors (Lipinski definition) is 0. The van der Waals surface area contributed by atoms with Crippen molar-refractivity contribution in [2.24, 2.45) is 0 Å². The van der Waals surface area contributed by atoms with E-state index < -0.39 is 0 Å². The lowest BCUT2D eigenvalue weighted by atomic mass is 10.1. The molecule has 27 heavy (non-hydrogen) atoms. The first-order valence-corrected chi connectivity index (χ1v) is 8.90. The maximum atomic E-state index is 6.00. The Morgan fingerprint density at radius 2 is 1.96 bits per heavy atom. The number of hydrogen-bond acceptors (Lipinski definition) is 7. The van der Waals surface area contributed by atoms with Crippen LogP contribution in [-0.4, -0.2) is 41.5 Å². The lowest BCUT2D eigenvalue weighted by Gasteiger charge is -2.18. The van der Waals surface area contributed by atoms with E-state index in [0.717, 1.165) is 30.0 Å². The SMILES string of the molecule is CN(Cc1nc(-c2ccc3c(c2)OCO3)no1)CC1Cc2ccccc2O1. The summed E-state index contributed by atoms with van der Waals surface area (Å²) in [6, 6.07) is 13.8. The fourth-order valence-electron chi connectivity index (χ4n) is 3.47. The van der Waals surface area contributed by atoms with Crippen LogP contribution in [0.5, 0.6) is 17.2 Å². The van der Waals surface area contributed by atoms with Crippen LogP contribution in [0.4, 0.5) is 0 Å². The zero-order valence-corrected chi connectivity index (χ0v) is 14.9. The van der Waals surface area contributed by atoms with E-state index in [1.54, 1.807) is 0 Å². The number of nitrogens with zero attached hydrogens (tertiary/aromatic N) is 3. The second-order valence-electron chi connectivity index (χ2n) is 6.83. The van der Waals surface area contributed by atoms with Crippen molar-refractivity contribution in [1.82, 2.24) is 15.0 Å². The molecular formula is C20H19N3O4. The Balaban J connectivity index is 1.22. The average Bonchev–Trinajstić information content (AvgIpc) is 3.39. The Kier molecular flexibility index (Phi) is 3.94. The molecule has 3 heterocycles. The molecule has 0 bridgehead atoms. The molecule has 7 nitrogen and oxygen atoms in total. The van der Waals surface area contributed by atoms with E-state index in [4.69, 9.17) is 18.7 Å². The number of rotatable bonds is 5. The van der Waals surface area contributed by atoms with Gasteiger partial charge in [0.15, 0.2) is 11.5 Å². The highest BCUT2D eigenvalue weighted by molar-refractivity contribution is 5.61. The second-order valence-corrected chi connectivity index (χ2v) is 6.83. The molecule has 0 radical (unpaired) electrons. The van der Waals surface area contributed by atoms with Gasteiger partial charge in [-0.1, -0.05) is 23.4 Å². The summed E-state index contributed by atoms with van der Waals surface area (Å²) in [7, 11) is 2.02. The summed E-state index contributed by atoms with van der Waals surface area (Å²) < 4.78 is 22.1. The number of ether oxygens (including phenoxy) is 3. The zero-order valence-electron chi connectivity index (χ0n) is 14.9. The fourth-order valence-corrected chi connectivity index (χ4v) is 3.47. The highest BCUT2D eigenvalue weighted by Gasteiger charge is 2.24. The molecule has 2 aliphatic heterocycles. The van der Waals surface area contributed by atoms with Gasteiger partial charge in [-0.3, -0.25) is 4.90 Å². The minimum absolute atomic E-state index is 0.142. The third-order valence-electron chi connectivity index (χ3n) is 4.73. The first-order chi connectivity index (χ1) is 13.2. The highest BCUT2D eigenvalue weighted by Crippen LogP contribution is 2.35. The van der Waals surface area contributed by atoms with Crippen LogP contribution in [0.2, 0.25) is 0 Å². The molecule has 5 rings (SSSR count). The van der Waals surface area contributed by atoms with E-state index in [1.165, 1.54) is 5.56 Å². The average molecular weight is 365 g/mol. The monoisotopic (exact) mass is 365 g/mol. The van der Waals surface area contributed by atoms with Crippen molar-refractivity contribution in [2.75, 3.05) is 20.4 Å². The largest absolute Gasteiger partial charge is 0.488 e. The van der Waals surface area contributed by atoms with Crippen LogP contribution in [0.1, 0.15) is 11.5 Å². The Morgan fingerprint density at radius 3 is 2.89 bits per heavy atom. The maximum absolute atomic E-state index is 6.00. The van der Waals surface area contributed by atoms with Crippen LogP contribution in [0, 0.1) is 0 Å². The van der Waals surface area contributed by atoms with Gasteiger partial charge in [0.25, 0.3) is 0 Å². The molecule has 1 unspecified atom stereocenters. The highest BCUT2D eigenvalue weighted by atomic mass is 16.7. The second kappa shape index (κ2) is 6.59. The molecule has 1 aromatic heterocycles. The number of aromatic nitrogens is 2. The van der Waals surface area contributed by atoms with Gasteiger partial charge in [-0.2, -0.15) is 4.98 Å². The summed E-state index contributed by atoms with van der Waals surface area (Å²) in [6.45, 7) is 1.60. The molecule has 3 aromatic rings. The Hall–Kier alpha value is -3.06. The lowest BCUT2D eigenvalue weighted by Crippen LogP contribution is -2.31. The van der Waals surface area contributed by atoms with Gasteiger partial charge in [0.1, 0.15) is 11.9 Å². The summed E-state index contributed by atoms with van der Waals surface area (Å²) in [5.41, 5.74) is 2.10. The Morgan fingerprint density at radius 1 is 1.07 bits per heavy atom. The molecule has 0 N–H and O–H groups in total. The number of para-hydroxylation sites is 1. The van der Waals surface area contributed by atoms with Gasteiger partial charge < -0.3 is 18.7 Å². The van der Waals surface area contributed by atoms with Crippen molar-refractivity contribution in [3.8, 4) is 28.6 Å². The zero-order chi connectivity index (χ0) is 18.2. The first kappa shape index (κ1) is 16.1. The quantitative estimate of drug-likeness (QED) is 0.688. The molecule has 7 heteroatoms. The van der Waals surface area contributed by atoms with Crippen LogP contribution in [-0.2, 0) is 13.0 Å². The number of benzene rings is 2. The molecule has 138 valence electrons. The Labute approximate surface area is 156 Å². The van der Waals surface area contributed by atoms with Crippen LogP contribution in [0.25, 0.3) is 11.4 Å². The van der Waals surface area contributed by atoms with Crippen LogP contribution in [0.3, 0.4) is 0 Å². The van der Waals surface area contributed by atoms with Gasteiger partial charge in [-0.15, -0.1) is 0 Å². The minimum Gasteiger partial charge on any atom is -0.488 e. The van der Waals surface area contributed by atoms with Gasteiger partial charge >= 0.3 is 0 Å². The summed E-state index contributed by atoms with van der Waals surface area (Å²) in [6.07, 6.45) is 1.07. The number of likely N-dealkylation sites (N-methyl/N-ethyl adjacent to an activating group) is 1. The number of fused-ring (bicyclic) bond motifs is 2. The molecular weight excluding hydrogens is 346 g/mol. The van der Waals surface area contributed by atoms with Crippen molar-refractivity contribution in [1.29, 1.82) is 0 Å². The van der Waals surface area contributed by atoms with Gasteiger partial charge in [-0.05, 0) is 36.9 Å². The van der Waals surface area contributed by atoms with Gasteiger partial charge in [0, 0.05) is 18.5 Å². The van der Waals surface area contributed by atoms with Crippen molar-refractivity contribution in [3.63, 3.8) is 0 Å². The van der Waals surface area contributed by atoms with E-state index in [2.05, 4.69) is 21.1 Å². The standard InChI is InChI=1S/C20H19N3O4/c1-23(10-15-8-13-4-2-3-5-16(13)26-15)11-19-21-20(22-27-19)14-6-7-17-18(9-14)25-12-24-17/h2-7,9,15H,8,10-12H2,1H3. The molecule has 1 atom stereocenters. The van der Waals surface area contributed by atoms with Gasteiger partial charge in [0.05, 0.1) is 6.54 Å². The van der Waals surface area contributed by atoms with Crippen LogP contribution in [0.15, 0.2) is 47.0 Å². The first-order valence-electron chi connectivity index (χ1n) is 8.90. The molecule has 0 saturated carbocycles. The summed E-state index contributed by atoms with van der Waals surface area (Å²) in [5.74, 6) is 3.54. The predicted molar refractivity (Wildman–Crippen MR) is 96.8 cm³/mol.